The van der Waals surface area contributed by atoms with Crippen molar-refractivity contribution in [1.29, 1.82) is 0 Å². The van der Waals surface area contributed by atoms with Gasteiger partial charge in [-0.25, -0.2) is 0 Å². The van der Waals surface area contributed by atoms with Crippen molar-refractivity contribution < 1.29 is 0 Å². The smallest absolute Gasteiger partial charge is 0.0112 e. The number of fused-ring (bicyclic) bond motifs is 2. The molecular formula is C25H39I. The Labute approximate surface area is 175 Å². The van der Waals surface area contributed by atoms with Crippen LogP contribution >= 0.6 is 22.6 Å². The van der Waals surface area contributed by atoms with Crippen LogP contribution < -0.4 is 0 Å². The fraction of sp³-hybridized carbons (Fsp3) is 0.840. The molecule has 0 heterocycles. The fourth-order valence-corrected chi connectivity index (χ4v) is 8.17. The Morgan fingerprint density at radius 3 is 2.69 bits per heavy atom. The van der Waals surface area contributed by atoms with Gasteiger partial charge in [0.1, 0.15) is 0 Å². The van der Waals surface area contributed by atoms with Crippen molar-refractivity contribution in [1.82, 2.24) is 0 Å². The van der Waals surface area contributed by atoms with E-state index in [1.54, 1.807) is 12.0 Å². The molecule has 4 aliphatic rings. The van der Waals surface area contributed by atoms with Crippen molar-refractivity contribution >= 4 is 22.6 Å². The maximum Gasteiger partial charge on any atom is 0.0112 e. The summed E-state index contributed by atoms with van der Waals surface area (Å²) < 4.78 is 0.968. The first-order valence-electron chi connectivity index (χ1n) is 11.6. The highest BCUT2D eigenvalue weighted by Crippen LogP contribution is 2.50. The summed E-state index contributed by atoms with van der Waals surface area (Å²) in [5, 5.41) is 0. The van der Waals surface area contributed by atoms with Crippen LogP contribution in [0.3, 0.4) is 0 Å². The molecule has 146 valence electrons. The number of allylic oxidation sites excluding steroid dienone is 3. The molecule has 0 aliphatic heterocycles. The Morgan fingerprint density at radius 1 is 1.04 bits per heavy atom. The number of hydrogen-bond donors (Lipinski definition) is 0. The summed E-state index contributed by atoms with van der Waals surface area (Å²) in [5.74, 6) is 6.58. The zero-order valence-corrected chi connectivity index (χ0v) is 19.0. The van der Waals surface area contributed by atoms with E-state index in [4.69, 9.17) is 0 Å². The molecule has 26 heavy (non-hydrogen) atoms. The Hall–Kier alpha value is 0.210. The predicted molar refractivity (Wildman–Crippen MR) is 122 cm³/mol. The van der Waals surface area contributed by atoms with Gasteiger partial charge in [-0.1, -0.05) is 60.2 Å². The third-order valence-corrected chi connectivity index (χ3v) is 9.89. The zero-order chi connectivity index (χ0) is 18.1. The van der Waals surface area contributed by atoms with Crippen LogP contribution in [0.1, 0.15) is 84.0 Å². The van der Waals surface area contributed by atoms with Gasteiger partial charge in [-0.3, -0.25) is 0 Å². The summed E-state index contributed by atoms with van der Waals surface area (Å²) in [4.78, 5) is 0. The molecule has 0 aromatic heterocycles. The molecule has 3 saturated carbocycles. The van der Waals surface area contributed by atoms with E-state index in [0.29, 0.717) is 0 Å². The minimum absolute atomic E-state index is 0.811. The summed E-state index contributed by atoms with van der Waals surface area (Å²) >= 11 is 2.71. The molecule has 4 rings (SSSR count). The number of halogens is 1. The summed E-state index contributed by atoms with van der Waals surface area (Å²) in [6.45, 7) is 7.12. The lowest BCUT2D eigenvalue weighted by molar-refractivity contribution is 0.0901. The topological polar surface area (TPSA) is 0 Å². The zero-order valence-electron chi connectivity index (χ0n) is 16.8. The lowest BCUT2D eigenvalue weighted by atomic mass is 9.61. The van der Waals surface area contributed by atoms with Crippen LogP contribution in [0.15, 0.2) is 24.3 Å². The molecule has 7 unspecified atom stereocenters. The average Bonchev–Trinajstić information content (AvgIpc) is 2.67. The monoisotopic (exact) mass is 466 g/mol. The van der Waals surface area contributed by atoms with Crippen LogP contribution in [0, 0.1) is 41.4 Å². The molecule has 0 radical (unpaired) electrons. The maximum atomic E-state index is 4.65. The molecule has 0 spiro atoms. The highest BCUT2D eigenvalue weighted by Gasteiger charge is 2.39. The van der Waals surface area contributed by atoms with E-state index < -0.39 is 0 Å². The van der Waals surface area contributed by atoms with E-state index >= 15 is 0 Å². The van der Waals surface area contributed by atoms with E-state index in [2.05, 4.69) is 48.2 Å². The van der Waals surface area contributed by atoms with Gasteiger partial charge in [0.05, 0.1) is 0 Å². The average molecular weight is 466 g/mol. The molecule has 0 aromatic carbocycles. The van der Waals surface area contributed by atoms with Crippen LogP contribution in [0.2, 0.25) is 0 Å². The second-order valence-corrected chi connectivity index (χ2v) is 11.8. The standard InChI is InChI=1S/C25H39I/c1-3-18(21-10-11-23-16-24(26)13-12-22(23)15-21)14-20-9-8-19-6-4-5-7-25(19)17(20)2/h4,6,18-25H,2-3,5,7-16H2,1H3/t18?,19-,20?,21?,22?,23?,24?,25?/m1/s1. The molecule has 0 amide bonds. The molecule has 0 nitrogen and oxygen atoms in total. The summed E-state index contributed by atoms with van der Waals surface area (Å²) in [5.41, 5.74) is 1.64. The third kappa shape index (κ3) is 4.13. The van der Waals surface area contributed by atoms with E-state index in [9.17, 15) is 0 Å². The molecular weight excluding hydrogens is 427 g/mol. The highest BCUT2D eigenvalue weighted by atomic mass is 127. The highest BCUT2D eigenvalue weighted by molar-refractivity contribution is 14.1. The van der Waals surface area contributed by atoms with Crippen molar-refractivity contribution in [2.75, 3.05) is 0 Å². The van der Waals surface area contributed by atoms with E-state index in [1.165, 1.54) is 70.6 Å². The third-order valence-electron chi connectivity index (χ3n) is 8.76. The van der Waals surface area contributed by atoms with Crippen LogP contribution in [-0.2, 0) is 0 Å². The quantitative estimate of drug-likeness (QED) is 0.224. The first kappa shape index (κ1) is 19.5. The van der Waals surface area contributed by atoms with Crippen LogP contribution in [0.25, 0.3) is 0 Å². The Kier molecular flexibility index (Phi) is 6.53. The second kappa shape index (κ2) is 8.70. The van der Waals surface area contributed by atoms with Gasteiger partial charge in [0.15, 0.2) is 0 Å². The summed E-state index contributed by atoms with van der Waals surface area (Å²) in [6.07, 6.45) is 22.4. The molecule has 0 N–H and O–H groups in total. The normalized spacial score (nSPS) is 44.2. The Bertz CT molecular complexity index is 520. The molecule has 0 bridgehead atoms. The molecule has 0 aromatic rings. The minimum atomic E-state index is 0.811. The number of rotatable bonds is 4. The van der Waals surface area contributed by atoms with Crippen molar-refractivity contribution in [2.24, 2.45) is 41.4 Å². The second-order valence-electron chi connectivity index (χ2n) is 10.0. The summed E-state index contributed by atoms with van der Waals surface area (Å²) in [6, 6.07) is 0. The van der Waals surface area contributed by atoms with E-state index in [0.717, 1.165) is 45.3 Å². The van der Waals surface area contributed by atoms with Crippen molar-refractivity contribution in [2.45, 2.75) is 87.9 Å². The molecule has 0 saturated heterocycles. The molecule has 1 heteroatoms. The summed E-state index contributed by atoms with van der Waals surface area (Å²) in [7, 11) is 0. The first-order valence-corrected chi connectivity index (χ1v) is 12.9. The minimum Gasteiger partial charge on any atom is -0.0993 e. The maximum absolute atomic E-state index is 4.65. The van der Waals surface area contributed by atoms with Gasteiger partial charge in [-0.15, -0.1) is 0 Å². The van der Waals surface area contributed by atoms with Crippen LogP contribution in [-0.4, -0.2) is 3.92 Å². The molecule has 8 atom stereocenters. The fourth-order valence-electron chi connectivity index (χ4n) is 7.16. The van der Waals surface area contributed by atoms with E-state index in [1.807, 2.05) is 0 Å². The predicted octanol–water partition coefficient (Wildman–Crippen LogP) is 7.97. The largest absolute Gasteiger partial charge is 0.0993 e. The van der Waals surface area contributed by atoms with Crippen LogP contribution in [0.5, 0.6) is 0 Å². The Morgan fingerprint density at radius 2 is 1.85 bits per heavy atom. The Balaban J connectivity index is 1.36. The number of alkyl halides is 1. The van der Waals surface area contributed by atoms with Gasteiger partial charge in [0.2, 0.25) is 0 Å². The number of hydrogen-bond acceptors (Lipinski definition) is 0. The van der Waals surface area contributed by atoms with Gasteiger partial charge >= 0.3 is 0 Å². The first-order chi connectivity index (χ1) is 12.7. The van der Waals surface area contributed by atoms with Gasteiger partial charge in [-0.05, 0) is 112 Å². The SMILES string of the molecule is C=C1C(CC(CC)C2CCC3CC(I)CCC3C2)CC[C@H]2C=CCCC12. The van der Waals surface area contributed by atoms with Crippen LogP contribution in [0.4, 0.5) is 0 Å². The van der Waals surface area contributed by atoms with Crippen molar-refractivity contribution in [3.05, 3.63) is 24.3 Å². The van der Waals surface area contributed by atoms with Crippen molar-refractivity contribution in [3.63, 3.8) is 0 Å². The van der Waals surface area contributed by atoms with Crippen molar-refractivity contribution in [3.8, 4) is 0 Å². The van der Waals surface area contributed by atoms with E-state index in [-0.39, 0.29) is 0 Å². The molecule has 3 fully saturated rings. The van der Waals surface area contributed by atoms with Gasteiger partial charge in [0.25, 0.3) is 0 Å². The van der Waals surface area contributed by atoms with Gasteiger partial charge in [-0.2, -0.15) is 0 Å². The lowest BCUT2D eigenvalue weighted by Crippen LogP contribution is -2.35. The molecule has 4 aliphatic carbocycles. The van der Waals surface area contributed by atoms with Gasteiger partial charge < -0.3 is 0 Å². The van der Waals surface area contributed by atoms with Gasteiger partial charge in [0, 0.05) is 3.92 Å². The lowest BCUT2D eigenvalue weighted by Gasteiger charge is -2.45.